The SMILES string of the molecule is Cc1cnc(N(C)C2CN(c3cc4c(nn3)CCC4)C2)nc1. The molecule has 114 valence electrons. The minimum atomic E-state index is 0.428. The van der Waals surface area contributed by atoms with Crippen LogP contribution in [0.15, 0.2) is 18.5 Å². The lowest BCUT2D eigenvalue weighted by Crippen LogP contribution is -2.59. The molecule has 1 aliphatic heterocycles. The molecule has 6 nitrogen and oxygen atoms in total. The molecule has 0 radical (unpaired) electrons. The molecule has 2 aliphatic rings. The van der Waals surface area contributed by atoms with Gasteiger partial charge in [-0.15, -0.1) is 5.10 Å². The maximum Gasteiger partial charge on any atom is 0.225 e. The van der Waals surface area contributed by atoms with Gasteiger partial charge in [-0.3, -0.25) is 0 Å². The Hall–Kier alpha value is -2.24. The smallest absolute Gasteiger partial charge is 0.225 e. The van der Waals surface area contributed by atoms with E-state index in [1.54, 1.807) is 0 Å². The molecule has 0 atom stereocenters. The Kier molecular flexibility index (Phi) is 3.17. The van der Waals surface area contributed by atoms with Gasteiger partial charge in [0.1, 0.15) is 0 Å². The Morgan fingerprint density at radius 1 is 1.14 bits per heavy atom. The van der Waals surface area contributed by atoms with Gasteiger partial charge in [-0.2, -0.15) is 5.10 Å². The Morgan fingerprint density at radius 2 is 1.91 bits per heavy atom. The number of aryl methyl sites for hydroxylation is 3. The molecule has 1 aliphatic carbocycles. The third kappa shape index (κ3) is 2.28. The van der Waals surface area contributed by atoms with Crippen molar-refractivity contribution in [3.05, 3.63) is 35.3 Å². The molecular formula is C16H20N6. The lowest BCUT2D eigenvalue weighted by atomic mass is 10.1. The summed E-state index contributed by atoms with van der Waals surface area (Å²) in [7, 11) is 2.06. The third-order valence-corrected chi connectivity index (χ3v) is 4.62. The van der Waals surface area contributed by atoms with Crippen molar-refractivity contribution in [3.63, 3.8) is 0 Å². The maximum atomic E-state index is 4.39. The molecule has 2 aromatic heterocycles. The van der Waals surface area contributed by atoms with Crippen LogP contribution in [0.1, 0.15) is 23.2 Å². The van der Waals surface area contributed by atoms with Crippen LogP contribution in [0.3, 0.4) is 0 Å². The Bertz CT molecular complexity index is 678. The number of fused-ring (bicyclic) bond motifs is 1. The zero-order chi connectivity index (χ0) is 15.1. The van der Waals surface area contributed by atoms with Crippen LogP contribution in [0.5, 0.6) is 0 Å². The first kappa shape index (κ1) is 13.4. The molecule has 0 spiro atoms. The van der Waals surface area contributed by atoms with Crippen molar-refractivity contribution < 1.29 is 0 Å². The van der Waals surface area contributed by atoms with Crippen LogP contribution in [0, 0.1) is 6.92 Å². The molecular weight excluding hydrogens is 276 g/mol. The van der Waals surface area contributed by atoms with Crippen LogP contribution in [0.2, 0.25) is 0 Å². The van der Waals surface area contributed by atoms with Crippen LogP contribution in [0.25, 0.3) is 0 Å². The summed E-state index contributed by atoms with van der Waals surface area (Å²) in [5.74, 6) is 1.80. The lowest BCUT2D eigenvalue weighted by Gasteiger charge is -2.44. The third-order valence-electron chi connectivity index (χ3n) is 4.62. The summed E-state index contributed by atoms with van der Waals surface area (Å²) in [6, 6.07) is 2.64. The Labute approximate surface area is 130 Å². The number of nitrogens with zero attached hydrogens (tertiary/aromatic N) is 6. The van der Waals surface area contributed by atoms with E-state index >= 15 is 0 Å². The molecule has 0 amide bonds. The number of likely N-dealkylation sites (N-methyl/N-ethyl adjacent to an activating group) is 1. The summed E-state index contributed by atoms with van der Waals surface area (Å²) in [6.45, 7) is 3.89. The number of anilines is 2. The van der Waals surface area contributed by atoms with Gasteiger partial charge in [-0.1, -0.05) is 0 Å². The van der Waals surface area contributed by atoms with Crippen molar-refractivity contribution in [1.82, 2.24) is 20.2 Å². The van der Waals surface area contributed by atoms with Crippen molar-refractivity contribution in [1.29, 1.82) is 0 Å². The normalized spacial score (nSPS) is 17.3. The Balaban J connectivity index is 1.42. The van der Waals surface area contributed by atoms with Crippen LogP contribution < -0.4 is 9.80 Å². The second kappa shape index (κ2) is 5.19. The van der Waals surface area contributed by atoms with Gasteiger partial charge in [0.2, 0.25) is 5.95 Å². The molecule has 0 saturated carbocycles. The van der Waals surface area contributed by atoms with E-state index in [0.29, 0.717) is 6.04 Å². The highest BCUT2D eigenvalue weighted by Crippen LogP contribution is 2.27. The van der Waals surface area contributed by atoms with Crippen molar-refractivity contribution in [3.8, 4) is 0 Å². The minimum absolute atomic E-state index is 0.428. The number of hydrogen-bond donors (Lipinski definition) is 0. The molecule has 0 aromatic carbocycles. The predicted octanol–water partition coefficient (Wildman–Crippen LogP) is 1.39. The summed E-state index contributed by atoms with van der Waals surface area (Å²) in [5, 5.41) is 8.75. The molecule has 3 heterocycles. The minimum Gasteiger partial charge on any atom is -0.351 e. The van der Waals surface area contributed by atoms with Gasteiger partial charge in [-0.25, -0.2) is 9.97 Å². The zero-order valence-corrected chi connectivity index (χ0v) is 13.0. The molecule has 1 fully saturated rings. The summed E-state index contributed by atoms with van der Waals surface area (Å²) < 4.78 is 0. The van der Waals surface area contributed by atoms with Crippen LogP contribution in [-0.2, 0) is 12.8 Å². The van der Waals surface area contributed by atoms with Crippen molar-refractivity contribution >= 4 is 11.8 Å². The highest BCUT2D eigenvalue weighted by Gasteiger charge is 2.32. The van der Waals surface area contributed by atoms with Gasteiger partial charge in [0.25, 0.3) is 0 Å². The van der Waals surface area contributed by atoms with E-state index < -0.39 is 0 Å². The fourth-order valence-electron chi connectivity index (χ4n) is 3.09. The van der Waals surface area contributed by atoms with E-state index in [0.717, 1.165) is 43.3 Å². The van der Waals surface area contributed by atoms with E-state index in [1.807, 2.05) is 19.3 Å². The maximum absolute atomic E-state index is 4.39. The first-order chi connectivity index (χ1) is 10.7. The van der Waals surface area contributed by atoms with Crippen LogP contribution in [-0.4, -0.2) is 46.3 Å². The Morgan fingerprint density at radius 3 is 2.68 bits per heavy atom. The van der Waals surface area contributed by atoms with E-state index in [2.05, 4.69) is 43.1 Å². The fourth-order valence-corrected chi connectivity index (χ4v) is 3.09. The van der Waals surface area contributed by atoms with Gasteiger partial charge in [-0.05, 0) is 43.4 Å². The average Bonchev–Trinajstić information content (AvgIpc) is 2.94. The summed E-state index contributed by atoms with van der Waals surface area (Å²) in [4.78, 5) is 13.2. The van der Waals surface area contributed by atoms with Crippen molar-refractivity contribution in [2.75, 3.05) is 29.9 Å². The summed E-state index contributed by atoms with van der Waals surface area (Å²) in [6.07, 6.45) is 7.16. The highest BCUT2D eigenvalue weighted by molar-refractivity contribution is 5.48. The molecule has 4 rings (SSSR count). The zero-order valence-electron chi connectivity index (χ0n) is 13.0. The predicted molar refractivity (Wildman–Crippen MR) is 85.2 cm³/mol. The molecule has 1 saturated heterocycles. The number of aromatic nitrogens is 4. The molecule has 2 aromatic rings. The van der Waals surface area contributed by atoms with E-state index in [4.69, 9.17) is 0 Å². The molecule has 0 N–H and O–H groups in total. The largest absolute Gasteiger partial charge is 0.351 e. The van der Waals surface area contributed by atoms with Gasteiger partial charge in [0.15, 0.2) is 5.82 Å². The van der Waals surface area contributed by atoms with Crippen molar-refractivity contribution in [2.45, 2.75) is 32.2 Å². The van der Waals surface area contributed by atoms with Crippen molar-refractivity contribution in [2.24, 2.45) is 0 Å². The van der Waals surface area contributed by atoms with Crippen LogP contribution in [0.4, 0.5) is 11.8 Å². The standard InChI is InChI=1S/C16H20N6/c1-11-7-17-16(18-8-11)21(2)13-9-22(10-13)15-6-12-4-3-5-14(12)19-20-15/h6-8,13H,3-5,9-10H2,1-2H3. The monoisotopic (exact) mass is 296 g/mol. The highest BCUT2D eigenvalue weighted by atomic mass is 15.4. The first-order valence-electron chi connectivity index (χ1n) is 7.82. The second-order valence-electron chi connectivity index (χ2n) is 6.26. The quantitative estimate of drug-likeness (QED) is 0.853. The summed E-state index contributed by atoms with van der Waals surface area (Å²) >= 11 is 0. The van der Waals surface area contributed by atoms with E-state index in [-0.39, 0.29) is 0 Å². The first-order valence-corrected chi connectivity index (χ1v) is 7.82. The van der Waals surface area contributed by atoms with Gasteiger partial charge >= 0.3 is 0 Å². The van der Waals surface area contributed by atoms with Gasteiger partial charge in [0, 0.05) is 32.5 Å². The van der Waals surface area contributed by atoms with E-state index in [9.17, 15) is 0 Å². The molecule has 0 unspecified atom stereocenters. The number of hydrogen-bond acceptors (Lipinski definition) is 6. The second-order valence-corrected chi connectivity index (χ2v) is 6.26. The lowest BCUT2D eigenvalue weighted by molar-refractivity contribution is 0.484. The number of rotatable bonds is 3. The molecule has 0 bridgehead atoms. The average molecular weight is 296 g/mol. The van der Waals surface area contributed by atoms with Gasteiger partial charge < -0.3 is 9.80 Å². The van der Waals surface area contributed by atoms with Gasteiger partial charge in [0.05, 0.1) is 11.7 Å². The van der Waals surface area contributed by atoms with E-state index in [1.165, 1.54) is 17.7 Å². The molecule has 22 heavy (non-hydrogen) atoms. The summed E-state index contributed by atoms with van der Waals surface area (Å²) in [5.41, 5.74) is 3.65. The fraction of sp³-hybridized carbons (Fsp3) is 0.500. The topological polar surface area (TPSA) is 58.0 Å². The molecule has 6 heteroatoms. The van der Waals surface area contributed by atoms with Crippen LogP contribution >= 0.6 is 0 Å².